The Balaban J connectivity index is 2.36. The SMILES string of the molecule is CC1=CC2=NOC2C=C1. The van der Waals surface area contributed by atoms with Gasteiger partial charge in [-0.25, -0.2) is 0 Å². The molecule has 0 saturated heterocycles. The number of hydrogen-bond donors (Lipinski definition) is 0. The molecular weight excluding hydrogens is 114 g/mol. The maximum Gasteiger partial charge on any atom is 0.191 e. The molecule has 0 N–H and O–H groups in total. The normalized spacial score (nSPS) is 29.2. The number of oxime groups is 1. The van der Waals surface area contributed by atoms with Gasteiger partial charge in [-0.1, -0.05) is 11.2 Å². The van der Waals surface area contributed by atoms with Crippen LogP contribution < -0.4 is 0 Å². The van der Waals surface area contributed by atoms with Crippen molar-refractivity contribution in [2.45, 2.75) is 13.0 Å². The second-order valence-corrected chi connectivity index (χ2v) is 2.29. The van der Waals surface area contributed by atoms with E-state index in [0.29, 0.717) is 0 Å². The summed E-state index contributed by atoms with van der Waals surface area (Å²) >= 11 is 0. The van der Waals surface area contributed by atoms with Crippen molar-refractivity contribution in [1.82, 2.24) is 0 Å². The van der Waals surface area contributed by atoms with Gasteiger partial charge in [-0.15, -0.1) is 0 Å². The van der Waals surface area contributed by atoms with E-state index in [-0.39, 0.29) is 6.10 Å². The van der Waals surface area contributed by atoms with E-state index >= 15 is 0 Å². The lowest BCUT2D eigenvalue weighted by atomic mass is 10.0. The number of fused-ring (bicyclic) bond motifs is 1. The quantitative estimate of drug-likeness (QED) is 0.472. The Morgan fingerprint density at radius 3 is 3.00 bits per heavy atom. The minimum atomic E-state index is 0.161. The third-order valence-corrected chi connectivity index (χ3v) is 1.47. The summed E-state index contributed by atoms with van der Waals surface area (Å²) in [5.74, 6) is 0. The minimum absolute atomic E-state index is 0.161. The molecule has 2 nitrogen and oxygen atoms in total. The highest BCUT2D eigenvalue weighted by molar-refractivity contribution is 6.03. The molecule has 1 atom stereocenters. The van der Waals surface area contributed by atoms with Crippen LogP contribution in [0, 0.1) is 0 Å². The predicted octanol–water partition coefficient (Wildman–Crippen LogP) is 1.26. The predicted molar refractivity (Wildman–Crippen MR) is 35.2 cm³/mol. The Kier molecular flexibility index (Phi) is 0.781. The first-order valence-corrected chi connectivity index (χ1v) is 2.96. The summed E-state index contributed by atoms with van der Waals surface area (Å²) in [6.45, 7) is 2.05. The van der Waals surface area contributed by atoms with Gasteiger partial charge in [0.2, 0.25) is 0 Å². The van der Waals surface area contributed by atoms with E-state index in [0.717, 1.165) is 5.71 Å². The van der Waals surface area contributed by atoms with E-state index in [9.17, 15) is 0 Å². The van der Waals surface area contributed by atoms with E-state index in [1.807, 2.05) is 25.2 Å². The molecule has 9 heavy (non-hydrogen) atoms. The largest absolute Gasteiger partial charge is 0.381 e. The molecule has 46 valence electrons. The molecule has 0 aromatic carbocycles. The van der Waals surface area contributed by atoms with Gasteiger partial charge in [0.1, 0.15) is 5.71 Å². The van der Waals surface area contributed by atoms with Crippen LogP contribution in [-0.4, -0.2) is 11.8 Å². The highest BCUT2D eigenvalue weighted by Gasteiger charge is 2.23. The van der Waals surface area contributed by atoms with Crippen molar-refractivity contribution in [3.8, 4) is 0 Å². The van der Waals surface area contributed by atoms with Gasteiger partial charge in [0.15, 0.2) is 6.10 Å². The summed E-state index contributed by atoms with van der Waals surface area (Å²) in [5.41, 5.74) is 2.29. The zero-order valence-corrected chi connectivity index (χ0v) is 5.16. The fourth-order valence-electron chi connectivity index (χ4n) is 0.937. The first-order chi connectivity index (χ1) is 4.36. The lowest BCUT2D eigenvalue weighted by molar-refractivity contribution is 0.0928. The Bertz CT molecular complexity index is 225. The van der Waals surface area contributed by atoms with Crippen LogP contribution in [0.25, 0.3) is 0 Å². The van der Waals surface area contributed by atoms with Crippen LogP contribution in [0.4, 0.5) is 0 Å². The van der Waals surface area contributed by atoms with Crippen LogP contribution in [0.1, 0.15) is 6.92 Å². The monoisotopic (exact) mass is 121 g/mol. The van der Waals surface area contributed by atoms with Crippen molar-refractivity contribution in [3.05, 3.63) is 23.8 Å². The summed E-state index contributed by atoms with van der Waals surface area (Å²) in [6.07, 6.45) is 6.25. The third kappa shape index (κ3) is 0.593. The van der Waals surface area contributed by atoms with Gasteiger partial charge >= 0.3 is 0 Å². The average Bonchev–Trinajstić information content (AvgIpc) is 1.78. The molecule has 1 aliphatic carbocycles. The first kappa shape index (κ1) is 4.79. The van der Waals surface area contributed by atoms with E-state index in [2.05, 4.69) is 5.16 Å². The van der Waals surface area contributed by atoms with Crippen LogP contribution in [0.5, 0.6) is 0 Å². The van der Waals surface area contributed by atoms with E-state index in [1.165, 1.54) is 5.57 Å². The van der Waals surface area contributed by atoms with Crippen molar-refractivity contribution in [1.29, 1.82) is 0 Å². The molecule has 0 spiro atoms. The van der Waals surface area contributed by atoms with Crippen LogP contribution in [0.15, 0.2) is 29.0 Å². The second kappa shape index (κ2) is 1.47. The van der Waals surface area contributed by atoms with Gasteiger partial charge < -0.3 is 4.84 Å². The molecule has 1 heterocycles. The Morgan fingerprint density at radius 2 is 2.56 bits per heavy atom. The van der Waals surface area contributed by atoms with Crippen molar-refractivity contribution in [3.63, 3.8) is 0 Å². The average molecular weight is 121 g/mol. The summed E-state index contributed by atoms with van der Waals surface area (Å²) in [4.78, 5) is 4.84. The molecule has 0 fully saturated rings. The van der Waals surface area contributed by atoms with Gasteiger partial charge in [-0.05, 0) is 24.6 Å². The fraction of sp³-hybridized carbons (Fsp3) is 0.286. The molecule has 2 aliphatic rings. The fourth-order valence-corrected chi connectivity index (χ4v) is 0.937. The molecule has 0 saturated carbocycles. The molecule has 0 aromatic heterocycles. The number of allylic oxidation sites excluding steroid dienone is 2. The molecule has 1 unspecified atom stereocenters. The molecule has 0 radical (unpaired) electrons. The van der Waals surface area contributed by atoms with Crippen LogP contribution in [0.3, 0.4) is 0 Å². The van der Waals surface area contributed by atoms with Gasteiger partial charge in [-0.3, -0.25) is 0 Å². The first-order valence-electron chi connectivity index (χ1n) is 2.96. The maximum absolute atomic E-state index is 4.84. The maximum atomic E-state index is 4.84. The molecule has 0 amide bonds. The Hall–Kier alpha value is -1.05. The van der Waals surface area contributed by atoms with Crippen molar-refractivity contribution < 1.29 is 4.84 Å². The molecular formula is C7H7NO. The number of rotatable bonds is 0. The zero-order valence-electron chi connectivity index (χ0n) is 5.16. The molecule has 0 aromatic rings. The smallest absolute Gasteiger partial charge is 0.191 e. The number of hydrogen-bond acceptors (Lipinski definition) is 2. The van der Waals surface area contributed by atoms with Crippen molar-refractivity contribution >= 4 is 5.71 Å². The molecule has 0 bridgehead atoms. The second-order valence-electron chi connectivity index (χ2n) is 2.29. The van der Waals surface area contributed by atoms with Gasteiger partial charge in [0.05, 0.1) is 0 Å². The Morgan fingerprint density at radius 1 is 1.67 bits per heavy atom. The standard InChI is InChI=1S/C7H7NO/c1-5-2-3-7-6(4-5)8-9-7/h2-4,7H,1H3. The number of nitrogens with zero attached hydrogens (tertiary/aromatic N) is 1. The zero-order chi connectivity index (χ0) is 6.27. The lowest BCUT2D eigenvalue weighted by Gasteiger charge is -2.22. The molecule has 1 aliphatic heterocycles. The van der Waals surface area contributed by atoms with Gasteiger partial charge in [0.25, 0.3) is 0 Å². The van der Waals surface area contributed by atoms with E-state index in [4.69, 9.17) is 4.84 Å². The van der Waals surface area contributed by atoms with Gasteiger partial charge in [0, 0.05) is 0 Å². The van der Waals surface area contributed by atoms with Crippen LogP contribution in [-0.2, 0) is 4.84 Å². The van der Waals surface area contributed by atoms with Crippen molar-refractivity contribution in [2.24, 2.45) is 5.16 Å². The molecule has 2 rings (SSSR count). The van der Waals surface area contributed by atoms with E-state index in [1.54, 1.807) is 0 Å². The summed E-state index contributed by atoms with van der Waals surface area (Å²) in [6, 6.07) is 0. The topological polar surface area (TPSA) is 21.6 Å². The minimum Gasteiger partial charge on any atom is -0.381 e. The lowest BCUT2D eigenvalue weighted by Crippen LogP contribution is -2.29. The Labute approximate surface area is 53.5 Å². The van der Waals surface area contributed by atoms with E-state index < -0.39 is 0 Å². The molecule has 2 heteroatoms. The highest BCUT2D eigenvalue weighted by Crippen LogP contribution is 2.17. The van der Waals surface area contributed by atoms with Crippen LogP contribution >= 0.6 is 0 Å². The van der Waals surface area contributed by atoms with Crippen molar-refractivity contribution in [2.75, 3.05) is 0 Å². The summed E-state index contributed by atoms with van der Waals surface area (Å²) < 4.78 is 0. The summed E-state index contributed by atoms with van der Waals surface area (Å²) in [7, 11) is 0. The summed E-state index contributed by atoms with van der Waals surface area (Å²) in [5, 5.41) is 3.73. The third-order valence-electron chi connectivity index (χ3n) is 1.47. The van der Waals surface area contributed by atoms with Crippen LogP contribution in [0.2, 0.25) is 0 Å². The highest BCUT2D eigenvalue weighted by atomic mass is 16.7. The van der Waals surface area contributed by atoms with Gasteiger partial charge in [-0.2, -0.15) is 0 Å².